The van der Waals surface area contributed by atoms with Crippen molar-refractivity contribution >= 4 is 29.3 Å². The van der Waals surface area contributed by atoms with Crippen molar-refractivity contribution in [2.75, 3.05) is 19.0 Å². The van der Waals surface area contributed by atoms with Gasteiger partial charge in [0.1, 0.15) is 24.1 Å². The van der Waals surface area contributed by atoms with Crippen LogP contribution in [0.15, 0.2) is 17.1 Å². The molecule has 0 aliphatic carbocycles. The molecule has 1 fully saturated rings. The lowest BCUT2D eigenvalue weighted by atomic mass is 10.1. The van der Waals surface area contributed by atoms with Crippen molar-refractivity contribution < 1.29 is 61.4 Å². The van der Waals surface area contributed by atoms with E-state index in [1.165, 1.54) is 19.3 Å². The Morgan fingerprint density at radius 2 is 1.83 bits per heavy atom. The first-order chi connectivity index (χ1) is 13.6. The van der Waals surface area contributed by atoms with Gasteiger partial charge < -0.3 is 44.4 Å². The molecule has 0 bridgehead atoms. The van der Waals surface area contributed by atoms with Crippen LogP contribution in [-0.4, -0.2) is 56.6 Å². The number of aromatic nitrogens is 2. The number of aliphatic hydroxyl groups is 2. The Morgan fingerprint density at radius 3 is 2.37 bits per heavy atom. The number of aliphatic hydroxyl groups excluding tert-OH is 2. The smallest absolute Gasteiger partial charge is 0.351 e. The van der Waals surface area contributed by atoms with Crippen LogP contribution in [0.2, 0.25) is 0 Å². The molecule has 4 unspecified atom stereocenters. The molecule has 17 nitrogen and oxygen atoms in total. The molecule has 2 heterocycles. The van der Waals surface area contributed by atoms with Crippen LogP contribution in [0.5, 0.6) is 0 Å². The van der Waals surface area contributed by atoms with E-state index < -0.39 is 60.3 Å². The minimum Gasteiger partial charge on any atom is -0.756 e. The summed E-state index contributed by atoms with van der Waals surface area (Å²) in [6.07, 6.45) is -5.45. The summed E-state index contributed by atoms with van der Waals surface area (Å²) in [5.41, 5.74) is -0.881. The molecule has 7 atom stereocenters. The number of hydrogen-bond acceptors (Lipinski definition) is 15. The highest BCUT2D eigenvalue weighted by atomic mass is 31.3. The molecule has 0 saturated carbocycles. The van der Waals surface area contributed by atoms with Gasteiger partial charge in [0, 0.05) is 13.2 Å². The van der Waals surface area contributed by atoms with Crippen LogP contribution >= 0.6 is 23.5 Å². The SMILES string of the molecule is CNc1ccn([C@@H]2O[C@H](COP(=O)([O-])OP(=O)([O-])OP(=O)([O-])O)[C@H](O)C2O)c(=O)n1. The van der Waals surface area contributed by atoms with E-state index in [-0.39, 0.29) is 5.82 Å². The van der Waals surface area contributed by atoms with Crippen LogP contribution in [0.1, 0.15) is 6.23 Å². The van der Waals surface area contributed by atoms with Gasteiger partial charge in [-0.15, -0.1) is 0 Å². The summed E-state index contributed by atoms with van der Waals surface area (Å²) in [4.78, 5) is 56.9. The van der Waals surface area contributed by atoms with Gasteiger partial charge in [-0.25, -0.2) is 13.4 Å². The van der Waals surface area contributed by atoms with Crippen LogP contribution in [0.3, 0.4) is 0 Å². The molecule has 1 aliphatic rings. The fraction of sp³-hybridized carbons (Fsp3) is 0.600. The first-order valence-corrected chi connectivity index (χ1v) is 12.1. The predicted molar refractivity (Wildman–Crippen MR) is 87.1 cm³/mol. The lowest BCUT2D eigenvalue weighted by molar-refractivity contribution is -0.250. The van der Waals surface area contributed by atoms with Gasteiger partial charge in [-0.3, -0.25) is 18.3 Å². The number of rotatable bonds is 9. The van der Waals surface area contributed by atoms with E-state index in [2.05, 4.69) is 23.4 Å². The van der Waals surface area contributed by atoms with Gasteiger partial charge in [0.05, 0.1) is 6.61 Å². The Bertz CT molecular complexity index is 963. The summed E-state index contributed by atoms with van der Waals surface area (Å²) in [7, 11) is -16.3. The maximum absolute atomic E-state index is 12.0. The zero-order valence-electron chi connectivity index (χ0n) is 14.7. The fourth-order valence-electron chi connectivity index (χ4n) is 2.29. The molecule has 0 spiro atoms. The molecular formula is C10H15N3O14P3-3. The molecule has 0 aromatic carbocycles. The third kappa shape index (κ3) is 6.73. The summed E-state index contributed by atoms with van der Waals surface area (Å²) in [5.74, 6) is 0.198. The molecule has 1 aromatic rings. The molecule has 30 heavy (non-hydrogen) atoms. The Labute approximate surface area is 167 Å². The summed E-state index contributed by atoms with van der Waals surface area (Å²) < 4.78 is 49.7. The first-order valence-electron chi connectivity index (χ1n) is 7.66. The summed E-state index contributed by atoms with van der Waals surface area (Å²) in [6, 6.07) is 1.34. The highest BCUT2D eigenvalue weighted by Gasteiger charge is 2.44. The molecule has 20 heteroatoms. The third-order valence-corrected chi connectivity index (χ3v) is 7.19. The minimum atomic E-state index is -6.09. The van der Waals surface area contributed by atoms with Crippen molar-refractivity contribution in [2.45, 2.75) is 24.5 Å². The molecule has 172 valence electrons. The van der Waals surface area contributed by atoms with Crippen LogP contribution in [0.4, 0.5) is 5.82 Å². The molecule has 1 aromatic heterocycles. The van der Waals surface area contributed by atoms with Crippen LogP contribution < -0.4 is 25.7 Å². The van der Waals surface area contributed by atoms with Crippen molar-refractivity contribution in [1.82, 2.24) is 9.55 Å². The number of ether oxygens (including phenoxy) is 1. The van der Waals surface area contributed by atoms with Gasteiger partial charge in [0.15, 0.2) is 6.23 Å². The molecule has 2 rings (SSSR count). The second-order valence-corrected chi connectivity index (χ2v) is 9.91. The lowest BCUT2D eigenvalue weighted by Crippen LogP contribution is -2.36. The van der Waals surface area contributed by atoms with Gasteiger partial charge in [-0.05, 0) is 6.07 Å². The van der Waals surface area contributed by atoms with Crippen molar-refractivity contribution in [3.8, 4) is 0 Å². The van der Waals surface area contributed by atoms with Crippen molar-refractivity contribution in [2.24, 2.45) is 0 Å². The number of nitrogens with one attached hydrogen (secondary N) is 1. The monoisotopic (exact) mass is 494 g/mol. The summed E-state index contributed by atoms with van der Waals surface area (Å²) in [5, 5.41) is 22.6. The topological polar surface area (TPSA) is 265 Å². The minimum absolute atomic E-state index is 0.198. The highest BCUT2D eigenvalue weighted by molar-refractivity contribution is 7.65. The van der Waals surface area contributed by atoms with Gasteiger partial charge in [0.25, 0.3) is 23.5 Å². The summed E-state index contributed by atoms with van der Waals surface area (Å²) >= 11 is 0. The number of hydrogen-bond donors (Lipinski definition) is 4. The van der Waals surface area contributed by atoms with E-state index >= 15 is 0 Å². The fourth-order valence-corrected chi connectivity index (χ4v) is 5.19. The quantitative estimate of drug-likeness (QED) is 0.241. The van der Waals surface area contributed by atoms with E-state index in [0.717, 1.165) is 4.57 Å². The standard InChI is InChI=1S/C10H18N3O14P3/c1-11-6-2-3-13(10(16)12-6)9-8(15)7(14)5(25-9)4-24-29(20,21)27-30(22,23)26-28(17,18)19/h2-3,5,7-9,14-15H,4H2,1H3,(H,20,21)(H,22,23)(H,11,12,16)(H2,17,18,19)/p-3/t5-,7+,8?,9-/m1/s1. The number of nitrogens with zero attached hydrogens (tertiary/aromatic N) is 2. The van der Waals surface area contributed by atoms with E-state index in [1.54, 1.807) is 0 Å². The second-order valence-electron chi connectivity index (χ2n) is 5.62. The first kappa shape index (κ1) is 25.2. The van der Waals surface area contributed by atoms with E-state index in [4.69, 9.17) is 9.63 Å². The number of phosphoric ester groups is 1. The second kappa shape index (κ2) is 9.22. The average molecular weight is 494 g/mol. The van der Waals surface area contributed by atoms with Crippen LogP contribution in [0.25, 0.3) is 0 Å². The van der Waals surface area contributed by atoms with Crippen molar-refractivity contribution in [3.63, 3.8) is 0 Å². The Kier molecular flexibility index (Phi) is 7.76. The Balaban J connectivity index is 2.06. The molecule has 0 radical (unpaired) electrons. The molecule has 4 N–H and O–H groups in total. The normalized spacial score (nSPS) is 30.2. The molecule has 1 saturated heterocycles. The van der Waals surface area contributed by atoms with Crippen LogP contribution in [0, 0.1) is 0 Å². The number of anilines is 1. The average Bonchev–Trinajstić information content (AvgIpc) is 2.85. The molecular weight excluding hydrogens is 479 g/mol. The largest absolute Gasteiger partial charge is 0.756 e. The maximum Gasteiger partial charge on any atom is 0.351 e. The Morgan fingerprint density at radius 1 is 1.20 bits per heavy atom. The third-order valence-electron chi connectivity index (χ3n) is 3.50. The summed E-state index contributed by atoms with van der Waals surface area (Å²) in [6.45, 7) is -1.11. The van der Waals surface area contributed by atoms with Gasteiger partial charge in [-0.2, -0.15) is 4.98 Å². The zero-order valence-corrected chi connectivity index (χ0v) is 17.4. The Hall–Kier alpha value is -1.03. The van der Waals surface area contributed by atoms with Crippen molar-refractivity contribution in [1.29, 1.82) is 0 Å². The van der Waals surface area contributed by atoms with Gasteiger partial charge >= 0.3 is 5.69 Å². The van der Waals surface area contributed by atoms with Gasteiger partial charge in [0.2, 0.25) is 0 Å². The maximum atomic E-state index is 12.0. The van der Waals surface area contributed by atoms with E-state index in [0.29, 0.717) is 0 Å². The zero-order chi connectivity index (χ0) is 22.9. The molecule has 1 aliphatic heterocycles. The van der Waals surface area contributed by atoms with Crippen molar-refractivity contribution in [3.05, 3.63) is 22.7 Å². The van der Waals surface area contributed by atoms with E-state index in [1.807, 2.05) is 0 Å². The highest BCUT2D eigenvalue weighted by Crippen LogP contribution is 2.61. The van der Waals surface area contributed by atoms with E-state index in [9.17, 15) is 43.4 Å². The number of phosphoric acid groups is 3. The lowest BCUT2D eigenvalue weighted by Gasteiger charge is -2.33. The van der Waals surface area contributed by atoms with Crippen LogP contribution in [-0.2, 0) is 31.6 Å². The molecule has 0 amide bonds. The van der Waals surface area contributed by atoms with Gasteiger partial charge in [-0.1, -0.05) is 0 Å². The predicted octanol–water partition coefficient (Wildman–Crippen LogP) is -3.65.